The molecule has 0 radical (unpaired) electrons. The van der Waals surface area contributed by atoms with Crippen LogP contribution in [0.15, 0.2) is 11.4 Å². The van der Waals surface area contributed by atoms with Crippen molar-refractivity contribution in [3.8, 4) is 0 Å². The molecular weight excluding hydrogens is 238 g/mol. The van der Waals surface area contributed by atoms with Gasteiger partial charge in [-0.2, -0.15) is 0 Å². The number of unbranched alkanes of at least 4 members (excludes halogenated alkanes) is 3. The van der Waals surface area contributed by atoms with Crippen LogP contribution in [0, 0.1) is 0 Å². The Morgan fingerprint density at radius 2 is 2.12 bits per heavy atom. The smallest absolute Gasteiger partial charge is 0.0244 e. The lowest BCUT2D eigenvalue weighted by molar-refractivity contribution is 0.250. The van der Waals surface area contributed by atoms with Crippen LogP contribution in [0.4, 0.5) is 0 Å². The van der Waals surface area contributed by atoms with Gasteiger partial charge in [-0.1, -0.05) is 12.8 Å². The molecule has 0 unspecified atom stereocenters. The van der Waals surface area contributed by atoms with Crippen molar-refractivity contribution >= 4 is 22.9 Å². The first-order valence-corrected chi connectivity index (χ1v) is 7.65. The number of hydrogen-bond donors (Lipinski definition) is 0. The van der Waals surface area contributed by atoms with E-state index < -0.39 is 0 Å². The third-order valence-corrected chi connectivity index (χ3v) is 4.53. The normalized spacial score (nSPS) is 16.3. The summed E-state index contributed by atoms with van der Waals surface area (Å²) in [4.78, 5) is 4.20. The molecule has 90 valence electrons. The van der Waals surface area contributed by atoms with Crippen molar-refractivity contribution in [2.75, 3.05) is 19.0 Å². The Labute approximate surface area is 107 Å². The SMILES string of the molecule is ClCCCCCCN1CCc2sccc2C1. The van der Waals surface area contributed by atoms with Crippen molar-refractivity contribution in [1.82, 2.24) is 4.90 Å². The summed E-state index contributed by atoms with van der Waals surface area (Å²) in [6, 6.07) is 2.29. The Balaban J connectivity index is 1.65. The minimum atomic E-state index is 0.821. The van der Waals surface area contributed by atoms with E-state index in [4.69, 9.17) is 11.6 Å². The molecule has 0 aromatic carbocycles. The second kappa shape index (κ2) is 6.63. The zero-order valence-corrected chi connectivity index (χ0v) is 11.3. The maximum atomic E-state index is 5.66. The average Bonchev–Trinajstić information content (AvgIpc) is 2.76. The molecule has 0 saturated carbocycles. The number of thiophene rings is 1. The van der Waals surface area contributed by atoms with Crippen molar-refractivity contribution in [1.29, 1.82) is 0 Å². The van der Waals surface area contributed by atoms with E-state index in [9.17, 15) is 0 Å². The molecule has 0 aliphatic carbocycles. The maximum absolute atomic E-state index is 5.66. The van der Waals surface area contributed by atoms with Crippen LogP contribution >= 0.6 is 22.9 Å². The fourth-order valence-electron chi connectivity index (χ4n) is 2.28. The van der Waals surface area contributed by atoms with Gasteiger partial charge in [-0.15, -0.1) is 22.9 Å². The highest BCUT2D eigenvalue weighted by atomic mass is 35.5. The van der Waals surface area contributed by atoms with E-state index in [2.05, 4.69) is 16.3 Å². The van der Waals surface area contributed by atoms with Crippen molar-refractivity contribution in [3.63, 3.8) is 0 Å². The van der Waals surface area contributed by atoms with Gasteiger partial charge in [0, 0.05) is 23.8 Å². The van der Waals surface area contributed by atoms with E-state index in [0.29, 0.717) is 0 Å². The van der Waals surface area contributed by atoms with Gasteiger partial charge in [0.25, 0.3) is 0 Å². The van der Waals surface area contributed by atoms with Crippen LogP contribution in [0.25, 0.3) is 0 Å². The van der Waals surface area contributed by atoms with E-state index in [-0.39, 0.29) is 0 Å². The zero-order chi connectivity index (χ0) is 11.2. The summed E-state index contributed by atoms with van der Waals surface area (Å²) in [5.41, 5.74) is 1.57. The first kappa shape index (κ1) is 12.4. The maximum Gasteiger partial charge on any atom is 0.0244 e. The Morgan fingerprint density at radius 3 is 3.00 bits per heavy atom. The number of fused-ring (bicyclic) bond motifs is 1. The molecule has 0 amide bonds. The van der Waals surface area contributed by atoms with E-state index in [1.807, 2.05) is 11.3 Å². The summed E-state index contributed by atoms with van der Waals surface area (Å²) in [5, 5.41) is 2.23. The van der Waals surface area contributed by atoms with Gasteiger partial charge in [0.1, 0.15) is 0 Å². The molecule has 1 aromatic rings. The second-order valence-corrected chi connectivity index (χ2v) is 5.88. The summed E-state index contributed by atoms with van der Waals surface area (Å²) in [6.07, 6.45) is 6.39. The van der Waals surface area contributed by atoms with Gasteiger partial charge in [0.05, 0.1) is 0 Å². The van der Waals surface area contributed by atoms with Gasteiger partial charge < -0.3 is 0 Å². The molecule has 0 N–H and O–H groups in total. The molecule has 0 spiro atoms. The molecule has 2 rings (SSSR count). The number of alkyl halides is 1. The van der Waals surface area contributed by atoms with Crippen LogP contribution in [0.2, 0.25) is 0 Å². The van der Waals surface area contributed by atoms with Crippen molar-refractivity contribution in [3.05, 3.63) is 21.9 Å². The molecule has 0 saturated heterocycles. The molecule has 0 bridgehead atoms. The summed E-state index contributed by atoms with van der Waals surface area (Å²) >= 11 is 7.58. The van der Waals surface area contributed by atoms with Crippen LogP contribution in [0.1, 0.15) is 36.1 Å². The van der Waals surface area contributed by atoms with Crippen LogP contribution in [-0.4, -0.2) is 23.9 Å². The van der Waals surface area contributed by atoms with Crippen molar-refractivity contribution < 1.29 is 0 Å². The Kier molecular flexibility index (Phi) is 5.14. The van der Waals surface area contributed by atoms with Gasteiger partial charge in [0.2, 0.25) is 0 Å². The van der Waals surface area contributed by atoms with Gasteiger partial charge in [0.15, 0.2) is 0 Å². The van der Waals surface area contributed by atoms with Crippen LogP contribution < -0.4 is 0 Å². The lowest BCUT2D eigenvalue weighted by Gasteiger charge is -2.26. The highest BCUT2D eigenvalue weighted by Gasteiger charge is 2.16. The molecular formula is C13H20ClNS. The number of halogens is 1. The number of nitrogens with zero attached hydrogens (tertiary/aromatic N) is 1. The zero-order valence-electron chi connectivity index (χ0n) is 9.75. The average molecular weight is 258 g/mol. The monoisotopic (exact) mass is 257 g/mol. The lowest BCUT2D eigenvalue weighted by atomic mass is 10.1. The van der Waals surface area contributed by atoms with E-state index in [0.717, 1.165) is 5.88 Å². The summed E-state index contributed by atoms with van der Waals surface area (Å²) < 4.78 is 0. The molecule has 0 atom stereocenters. The standard InChI is InChI=1S/C13H20ClNS/c14-7-3-1-2-4-8-15-9-5-13-12(11-15)6-10-16-13/h6,10H,1-5,7-9,11H2. The van der Waals surface area contributed by atoms with E-state index in [1.165, 1.54) is 51.7 Å². The minimum Gasteiger partial charge on any atom is -0.299 e. The minimum absolute atomic E-state index is 0.821. The lowest BCUT2D eigenvalue weighted by Crippen LogP contribution is -2.30. The molecule has 0 fully saturated rings. The quantitative estimate of drug-likeness (QED) is 0.552. The first-order valence-electron chi connectivity index (χ1n) is 6.23. The Hall–Kier alpha value is -0.0500. The third-order valence-electron chi connectivity index (χ3n) is 3.24. The highest BCUT2D eigenvalue weighted by molar-refractivity contribution is 7.10. The molecule has 1 aliphatic heterocycles. The van der Waals surface area contributed by atoms with Crippen LogP contribution in [0.5, 0.6) is 0 Å². The van der Waals surface area contributed by atoms with E-state index in [1.54, 1.807) is 10.4 Å². The second-order valence-electron chi connectivity index (χ2n) is 4.50. The van der Waals surface area contributed by atoms with Crippen molar-refractivity contribution in [2.24, 2.45) is 0 Å². The molecule has 1 nitrogen and oxygen atoms in total. The van der Waals surface area contributed by atoms with Crippen LogP contribution in [0.3, 0.4) is 0 Å². The fraction of sp³-hybridized carbons (Fsp3) is 0.692. The number of rotatable bonds is 6. The van der Waals surface area contributed by atoms with Crippen LogP contribution in [-0.2, 0) is 13.0 Å². The highest BCUT2D eigenvalue weighted by Crippen LogP contribution is 2.24. The van der Waals surface area contributed by atoms with Crippen molar-refractivity contribution in [2.45, 2.75) is 38.6 Å². The number of hydrogen-bond acceptors (Lipinski definition) is 2. The van der Waals surface area contributed by atoms with E-state index >= 15 is 0 Å². The molecule has 1 aromatic heterocycles. The summed E-state index contributed by atoms with van der Waals surface area (Å²) in [7, 11) is 0. The Morgan fingerprint density at radius 1 is 1.25 bits per heavy atom. The predicted octanol–water partition coefficient (Wildman–Crippen LogP) is 3.91. The third kappa shape index (κ3) is 3.47. The summed E-state index contributed by atoms with van der Waals surface area (Å²) in [5.74, 6) is 0.821. The summed E-state index contributed by atoms with van der Waals surface area (Å²) in [6.45, 7) is 3.69. The molecule has 16 heavy (non-hydrogen) atoms. The Bertz CT molecular complexity index is 311. The predicted molar refractivity (Wildman–Crippen MR) is 72.5 cm³/mol. The first-order chi connectivity index (χ1) is 7.90. The molecule has 3 heteroatoms. The molecule has 2 heterocycles. The topological polar surface area (TPSA) is 3.24 Å². The van der Waals surface area contributed by atoms with Gasteiger partial charge in [-0.3, -0.25) is 4.90 Å². The van der Waals surface area contributed by atoms with Gasteiger partial charge >= 0.3 is 0 Å². The molecule has 1 aliphatic rings. The largest absolute Gasteiger partial charge is 0.299 e. The van der Waals surface area contributed by atoms with Gasteiger partial charge in [-0.25, -0.2) is 0 Å². The fourth-order valence-corrected chi connectivity index (χ4v) is 3.36. The van der Waals surface area contributed by atoms with Gasteiger partial charge in [-0.05, 0) is 42.8 Å².